The zero-order valence-corrected chi connectivity index (χ0v) is 16.7. The standard InChI is InChI=1S/C22H25FN4O2/c1-3-22(2)8-5-4-6-18(20(22)23)29-19-13-25-21(27-26-19)16-10-14-7-9-24-12-15(14)11-17(16)28/h7,9-13,18,20,28H,3-6,8H2,1-2H3/t18-,20+,22+/m1/s1. The molecule has 1 saturated carbocycles. The molecule has 3 aromatic rings. The van der Waals surface area contributed by atoms with Gasteiger partial charge in [0.15, 0.2) is 5.82 Å². The van der Waals surface area contributed by atoms with E-state index in [0.29, 0.717) is 12.0 Å². The zero-order chi connectivity index (χ0) is 20.4. The first-order valence-electron chi connectivity index (χ1n) is 10.1. The van der Waals surface area contributed by atoms with Crippen molar-refractivity contribution in [1.82, 2.24) is 20.2 Å². The maximum atomic E-state index is 15.2. The molecule has 0 bridgehead atoms. The van der Waals surface area contributed by atoms with Gasteiger partial charge < -0.3 is 9.84 Å². The number of hydrogen-bond acceptors (Lipinski definition) is 6. The van der Waals surface area contributed by atoms with Crippen molar-refractivity contribution in [3.63, 3.8) is 0 Å². The molecule has 4 rings (SSSR count). The molecule has 0 saturated heterocycles. The molecule has 1 N–H and O–H groups in total. The van der Waals surface area contributed by atoms with E-state index in [2.05, 4.69) is 20.2 Å². The van der Waals surface area contributed by atoms with E-state index in [1.807, 2.05) is 19.9 Å². The van der Waals surface area contributed by atoms with Crippen LogP contribution in [0.3, 0.4) is 0 Å². The molecule has 2 heterocycles. The topological polar surface area (TPSA) is 81.0 Å². The molecule has 1 fully saturated rings. The molecule has 0 unspecified atom stereocenters. The van der Waals surface area contributed by atoms with Gasteiger partial charge in [-0.1, -0.05) is 20.3 Å². The highest BCUT2D eigenvalue weighted by Crippen LogP contribution is 2.41. The fourth-order valence-electron chi connectivity index (χ4n) is 4.00. The van der Waals surface area contributed by atoms with Gasteiger partial charge in [-0.05, 0) is 49.3 Å². The Morgan fingerprint density at radius 3 is 2.83 bits per heavy atom. The number of ether oxygens (including phenoxy) is 1. The molecule has 3 atom stereocenters. The molecule has 7 heteroatoms. The van der Waals surface area contributed by atoms with Gasteiger partial charge in [-0.2, -0.15) is 0 Å². The van der Waals surface area contributed by atoms with Gasteiger partial charge in [0.05, 0.1) is 11.8 Å². The van der Waals surface area contributed by atoms with Gasteiger partial charge in [-0.25, -0.2) is 9.37 Å². The van der Waals surface area contributed by atoms with E-state index in [1.54, 1.807) is 24.5 Å². The van der Waals surface area contributed by atoms with Crippen molar-refractivity contribution in [2.75, 3.05) is 0 Å². The number of alkyl halides is 1. The molecule has 0 aliphatic heterocycles. The lowest BCUT2D eigenvalue weighted by atomic mass is 9.78. The van der Waals surface area contributed by atoms with E-state index in [1.165, 1.54) is 6.20 Å². The Labute approximate surface area is 169 Å². The zero-order valence-electron chi connectivity index (χ0n) is 16.7. The monoisotopic (exact) mass is 396 g/mol. The van der Waals surface area contributed by atoms with Gasteiger partial charge in [0.1, 0.15) is 18.0 Å². The second kappa shape index (κ2) is 7.89. The van der Waals surface area contributed by atoms with Crippen LogP contribution in [0, 0.1) is 5.41 Å². The van der Waals surface area contributed by atoms with Crippen molar-refractivity contribution in [1.29, 1.82) is 0 Å². The number of phenolic OH excluding ortho intramolecular Hbond substituents is 1. The van der Waals surface area contributed by atoms with Crippen LogP contribution in [0.5, 0.6) is 11.6 Å². The van der Waals surface area contributed by atoms with Crippen LogP contribution in [0.15, 0.2) is 36.8 Å². The number of rotatable bonds is 4. The lowest BCUT2D eigenvalue weighted by molar-refractivity contribution is 0.00996. The van der Waals surface area contributed by atoms with Crippen LogP contribution in [-0.2, 0) is 0 Å². The SMILES string of the molecule is CC[C@@]1(C)CCCC[C@@H](Oc2cnc(-c3cc4ccncc4cc3O)nn2)[C@@H]1F. The Balaban J connectivity index is 1.56. The van der Waals surface area contributed by atoms with Crippen molar-refractivity contribution >= 4 is 10.8 Å². The molecule has 0 amide bonds. The van der Waals surface area contributed by atoms with Crippen LogP contribution in [0.2, 0.25) is 0 Å². The van der Waals surface area contributed by atoms with Crippen LogP contribution in [0.25, 0.3) is 22.2 Å². The predicted octanol–water partition coefficient (Wildman–Crippen LogP) is 4.87. The third-order valence-corrected chi connectivity index (χ3v) is 6.10. The molecule has 0 spiro atoms. The summed E-state index contributed by atoms with van der Waals surface area (Å²) < 4.78 is 21.0. The Morgan fingerprint density at radius 1 is 1.21 bits per heavy atom. The third kappa shape index (κ3) is 3.86. The lowest BCUT2D eigenvalue weighted by Gasteiger charge is -2.33. The summed E-state index contributed by atoms with van der Waals surface area (Å²) in [6, 6.07) is 5.26. The van der Waals surface area contributed by atoms with Crippen LogP contribution in [-0.4, -0.2) is 37.5 Å². The Morgan fingerprint density at radius 2 is 2.07 bits per heavy atom. The number of halogens is 1. The second-order valence-corrected chi connectivity index (χ2v) is 8.02. The molecule has 29 heavy (non-hydrogen) atoms. The number of nitrogens with zero attached hydrogens (tertiary/aromatic N) is 4. The molecule has 1 aromatic carbocycles. The lowest BCUT2D eigenvalue weighted by Crippen LogP contribution is -2.39. The average Bonchev–Trinajstić information content (AvgIpc) is 2.88. The van der Waals surface area contributed by atoms with Crippen molar-refractivity contribution in [2.45, 2.75) is 58.2 Å². The number of phenols is 1. The van der Waals surface area contributed by atoms with E-state index in [4.69, 9.17) is 4.74 Å². The molecule has 6 nitrogen and oxygen atoms in total. The largest absolute Gasteiger partial charge is 0.507 e. The van der Waals surface area contributed by atoms with E-state index >= 15 is 4.39 Å². The van der Waals surface area contributed by atoms with Gasteiger partial charge >= 0.3 is 0 Å². The number of hydrogen-bond donors (Lipinski definition) is 1. The highest BCUT2D eigenvalue weighted by Gasteiger charge is 2.41. The van der Waals surface area contributed by atoms with E-state index in [0.717, 1.165) is 36.5 Å². The number of aromatic hydroxyl groups is 1. The molecular formula is C22H25FN4O2. The van der Waals surface area contributed by atoms with Crippen molar-refractivity contribution in [3.05, 3.63) is 36.8 Å². The first-order chi connectivity index (χ1) is 14.0. The molecule has 2 aromatic heterocycles. The van der Waals surface area contributed by atoms with E-state index < -0.39 is 12.3 Å². The summed E-state index contributed by atoms with van der Waals surface area (Å²) in [5, 5.41) is 20.2. The minimum Gasteiger partial charge on any atom is -0.507 e. The quantitative estimate of drug-likeness (QED) is 0.634. The van der Waals surface area contributed by atoms with Crippen LogP contribution >= 0.6 is 0 Å². The fraction of sp³-hybridized carbons (Fsp3) is 0.455. The minimum atomic E-state index is -1.06. The average molecular weight is 396 g/mol. The molecule has 1 aliphatic rings. The number of fused-ring (bicyclic) bond motifs is 1. The fourth-order valence-corrected chi connectivity index (χ4v) is 4.00. The summed E-state index contributed by atoms with van der Waals surface area (Å²) in [4.78, 5) is 8.34. The molecule has 0 radical (unpaired) electrons. The number of benzene rings is 1. The smallest absolute Gasteiger partial charge is 0.252 e. The molecule has 152 valence electrons. The third-order valence-electron chi connectivity index (χ3n) is 6.10. The van der Waals surface area contributed by atoms with Gasteiger partial charge in [0.25, 0.3) is 5.88 Å². The van der Waals surface area contributed by atoms with Crippen molar-refractivity contribution in [2.24, 2.45) is 5.41 Å². The number of aromatic nitrogens is 4. The normalized spacial score (nSPS) is 24.9. The predicted molar refractivity (Wildman–Crippen MR) is 108 cm³/mol. The maximum absolute atomic E-state index is 15.2. The number of pyridine rings is 1. The van der Waals surface area contributed by atoms with Crippen LogP contribution < -0.4 is 4.74 Å². The molecule has 1 aliphatic carbocycles. The Hall–Kier alpha value is -2.83. The summed E-state index contributed by atoms with van der Waals surface area (Å²) in [5.41, 5.74) is 0.0902. The summed E-state index contributed by atoms with van der Waals surface area (Å²) in [5.74, 6) is 0.531. The van der Waals surface area contributed by atoms with Gasteiger partial charge in [0, 0.05) is 23.2 Å². The summed E-state index contributed by atoms with van der Waals surface area (Å²) in [6.45, 7) is 4.02. The highest BCUT2D eigenvalue weighted by atomic mass is 19.1. The van der Waals surface area contributed by atoms with Gasteiger partial charge in [-0.3, -0.25) is 4.98 Å². The summed E-state index contributed by atoms with van der Waals surface area (Å²) >= 11 is 0. The van der Waals surface area contributed by atoms with Crippen LogP contribution in [0.4, 0.5) is 4.39 Å². The highest BCUT2D eigenvalue weighted by molar-refractivity contribution is 5.88. The van der Waals surface area contributed by atoms with Gasteiger partial charge in [0.2, 0.25) is 0 Å². The van der Waals surface area contributed by atoms with E-state index in [9.17, 15) is 5.11 Å². The van der Waals surface area contributed by atoms with Crippen LogP contribution in [0.1, 0.15) is 46.0 Å². The van der Waals surface area contributed by atoms with E-state index in [-0.39, 0.29) is 22.9 Å². The molecular weight excluding hydrogens is 371 g/mol. The first-order valence-corrected chi connectivity index (χ1v) is 10.1. The minimum absolute atomic E-state index is 0.0484. The first kappa shape index (κ1) is 19.5. The van der Waals surface area contributed by atoms with Crippen molar-refractivity contribution in [3.8, 4) is 23.0 Å². The maximum Gasteiger partial charge on any atom is 0.252 e. The summed E-state index contributed by atoms with van der Waals surface area (Å²) in [7, 11) is 0. The van der Waals surface area contributed by atoms with Gasteiger partial charge in [-0.15, -0.1) is 10.2 Å². The second-order valence-electron chi connectivity index (χ2n) is 8.02. The van der Waals surface area contributed by atoms with Crippen molar-refractivity contribution < 1.29 is 14.2 Å². The Bertz CT molecular complexity index is 998. The Kier molecular flexibility index (Phi) is 5.30. The summed E-state index contributed by atoms with van der Waals surface area (Å²) in [6.07, 6.45) is 7.42.